The van der Waals surface area contributed by atoms with Crippen molar-refractivity contribution in [3.05, 3.63) is 54.0 Å². The second-order valence-corrected chi connectivity index (χ2v) is 6.18. The van der Waals surface area contributed by atoms with Crippen molar-refractivity contribution in [2.75, 3.05) is 13.7 Å². The average Bonchev–Trinajstić information content (AvgIpc) is 3.26. The molecule has 138 valence electrons. The Kier molecular flexibility index (Phi) is 5.58. The Labute approximate surface area is 151 Å². The van der Waals surface area contributed by atoms with Crippen LogP contribution in [0.2, 0.25) is 0 Å². The number of methoxy groups -OCH3 is 1. The second kappa shape index (κ2) is 8.05. The normalized spacial score (nSPS) is 19.5. The van der Waals surface area contributed by atoms with Crippen LogP contribution in [0.3, 0.4) is 0 Å². The molecule has 0 radical (unpaired) electrons. The van der Waals surface area contributed by atoms with Crippen LogP contribution in [-0.2, 0) is 16.1 Å². The van der Waals surface area contributed by atoms with Gasteiger partial charge in [-0.1, -0.05) is 18.2 Å². The van der Waals surface area contributed by atoms with Gasteiger partial charge in [0.1, 0.15) is 12.4 Å². The number of hydrogen-bond acceptors (Lipinski definition) is 5. The molecule has 1 aliphatic heterocycles. The van der Waals surface area contributed by atoms with Crippen molar-refractivity contribution >= 4 is 11.9 Å². The summed E-state index contributed by atoms with van der Waals surface area (Å²) in [5, 5.41) is 9.11. The fraction of sp³-hybridized carbons (Fsp3) is 0.368. The number of carbonyl (C=O) groups excluding carboxylic acids is 1. The number of carbonyl (C=O) groups is 2. The number of carboxylic acid groups (broad SMARTS) is 1. The maximum Gasteiger partial charge on any atom is 0.305 e. The molecule has 1 amide bonds. The first-order valence-electron chi connectivity index (χ1n) is 8.38. The standard InChI is InChI=1S/C19H21NO6/c1-24-16-9-14(10-17(21)22)20(11-16)19(23)18-13(7-8-25-18)12-26-15-5-3-2-4-6-15/h2-8,14,16H,9-12H2,1H3,(H,21,22). The van der Waals surface area contributed by atoms with Crippen molar-refractivity contribution in [3.8, 4) is 5.75 Å². The number of ether oxygens (including phenoxy) is 2. The van der Waals surface area contributed by atoms with Crippen LogP contribution >= 0.6 is 0 Å². The lowest BCUT2D eigenvalue weighted by Gasteiger charge is -2.22. The molecule has 0 bridgehead atoms. The van der Waals surface area contributed by atoms with Gasteiger partial charge in [-0.3, -0.25) is 9.59 Å². The fourth-order valence-electron chi connectivity index (χ4n) is 3.13. The van der Waals surface area contributed by atoms with Crippen LogP contribution in [0.25, 0.3) is 0 Å². The van der Waals surface area contributed by atoms with Gasteiger partial charge in [0, 0.05) is 25.3 Å². The third-order valence-corrected chi connectivity index (χ3v) is 4.46. The molecular formula is C19H21NO6. The lowest BCUT2D eigenvalue weighted by Crippen LogP contribution is -2.37. The minimum Gasteiger partial charge on any atom is -0.489 e. The minimum absolute atomic E-state index is 0.123. The van der Waals surface area contributed by atoms with Crippen LogP contribution in [0, 0.1) is 0 Å². The highest BCUT2D eigenvalue weighted by atomic mass is 16.5. The minimum atomic E-state index is -0.948. The number of aliphatic carboxylic acids is 1. The van der Waals surface area contributed by atoms with E-state index in [1.54, 1.807) is 13.2 Å². The molecule has 2 heterocycles. The number of carboxylic acids is 1. The van der Waals surface area contributed by atoms with Crippen molar-refractivity contribution in [2.45, 2.75) is 31.6 Å². The molecule has 0 saturated carbocycles. The van der Waals surface area contributed by atoms with Gasteiger partial charge in [0.2, 0.25) is 0 Å². The van der Waals surface area contributed by atoms with Crippen LogP contribution in [-0.4, -0.2) is 47.7 Å². The van der Waals surface area contributed by atoms with Gasteiger partial charge in [0.05, 0.1) is 18.8 Å². The predicted molar refractivity (Wildman–Crippen MR) is 92.0 cm³/mol. The molecule has 1 fully saturated rings. The number of likely N-dealkylation sites (tertiary alicyclic amines) is 1. The van der Waals surface area contributed by atoms with Gasteiger partial charge < -0.3 is 23.9 Å². The van der Waals surface area contributed by atoms with Crippen molar-refractivity contribution < 1.29 is 28.6 Å². The van der Waals surface area contributed by atoms with E-state index in [1.807, 2.05) is 30.3 Å². The summed E-state index contributed by atoms with van der Waals surface area (Å²) >= 11 is 0. The van der Waals surface area contributed by atoms with E-state index < -0.39 is 12.0 Å². The van der Waals surface area contributed by atoms with E-state index in [0.29, 0.717) is 24.3 Å². The summed E-state index contributed by atoms with van der Waals surface area (Å²) in [6.07, 6.45) is 1.63. The molecule has 7 nitrogen and oxygen atoms in total. The largest absolute Gasteiger partial charge is 0.489 e. The highest BCUT2D eigenvalue weighted by Crippen LogP contribution is 2.26. The topological polar surface area (TPSA) is 89.2 Å². The summed E-state index contributed by atoms with van der Waals surface area (Å²) in [5.41, 5.74) is 0.619. The Morgan fingerprint density at radius 3 is 2.73 bits per heavy atom. The van der Waals surface area contributed by atoms with Crippen molar-refractivity contribution in [1.29, 1.82) is 0 Å². The van der Waals surface area contributed by atoms with Gasteiger partial charge in [-0.15, -0.1) is 0 Å². The van der Waals surface area contributed by atoms with Crippen LogP contribution in [0.15, 0.2) is 47.1 Å². The molecule has 1 aromatic heterocycles. The SMILES string of the molecule is COC1CC(CC(=O)O)N(C(=O)c2occc2COc2ccccc2)C1. The van der Waals surface area contributed by atoms with Crippen LogP contribution in [0.1, 0.15) is 29.0 Å². The van der Waals surface area contributed by atoms with Crippen LogP contribution < -0.4 is 4.74 Å². The third-order valence-electron chi connectivity index (χ3n) is 4.46. The predicted octanol–water partition coefficient (Wildman–Crippen LogP) is 2.56. The molecule has 3 rings (SSSR count). The number of para-hydroxylation sites is 1. The Morgan fingerprint density at radius 2 is 2.04 bits per heavy atom. The highest BCUT2D eigenvalue weighted by Gasteiger charge is 2.38. The average molecular weight is 359 g/mol. The van der Waals surface area contributed by atoms with Crippen molar-refractivity contribution in [1.82, 2.24) is 4.90 Å². The van der Waals surface area contributed by atoms with Crippen molar-refractivity contribution in [2.24, 2.45) is 0 Å². The van der Waals surface area contributed by atoms with E-state index in [1.165, 1.54) is 11.2 Å². The lowest BCUT2D eigenvalue weighted by atomic mass is 10.1. The van der Waals surface area contributed by atoms with Gasteiger partial charge >= 0.3 is 5.97 Å². The highest BCUT2D eigenvalue weighted by molar-refractivity contribution is 5.93. The van der Waals surface area contributed by atoms with Gasteiger partial charge in [-0.05, 0) is 24.6 Å². The van der Waals surface area contributed by atoms with E-state index in [4.69, 9.17) is 19.0 Å². The summed E-state index contributed by atoms with van der Waals surface area (Å²) in [5.74, 6) is -0.423. The molecule has 1 aliphatic rings. The number of amides is 1. The molecule has 1 aromatic carbocycles. The monoisotopic (exact) mass is 359 g/mol. The number of nitrogens with zero attached hydrogens (tertiary/aromatic N) is 1. The van der Waals surface area contributed by atoms with E-state index in [-0.39, 0.29) is 30.8 Å². The number of benzene rings is 1. The summed E-state index contributed by atoms with van der Waals surface area (Å²) in [6.45, 7) is 0.527. The van der Waals surface area contributed by atoms with Crippen LogP contribution in [0.5, 0.6) is 5.75 Å². The molecule has 0 spiro atoms. The quantitative estimate of drug-likeness (QED) is 0.817. The molecule has 0 aliphatic carbocycles. The first-order chi connectivity index (χ1) is 12.6. The van der Waals surface area contributed by atoms with Crippen LogP contribution in [0.4, 0.5) is 0 Å². The molecule has 7 heteroatoms. The zero-order chi connectivity index (χ0) is 18.5. The van der Waals surface area contributed by atoms with Gasteiger partial charge in [-0.2, -0.15) is 0 Å². The first-order valence-corrected chi connectivity index (χ1v) is 8.38. The third kappa shape index (κ3) is 4.05. The molecule has 26 heavy (non-hydrogen) atoms. The number of rotatable bonds is 7. The summed E-state index contributed by atoms with van der Waals surface area (Å²) in [4.78, 5) is 25.6. The van der Waals surface area contributed by atoms with E-state index in [9.17, 15) is 9.59 Å². The Bertz CT molecular complexity index is 756. The maximum absolute atomic E-state index is 12.9. The number of furan rings is 1. The zero-order valence-electron chi connectivity index (χ0n) is 14.5. The van der Waals surface area contributed by atoms with Crippen molar-refractivity contribution in [3.63, 3.8) is 0 Å². The lowest BCUT2D eigenvalue weighted by molar-refractivity contribution is -0.138. The Morgan fingerprint density at radius 1 is 1.27 bits per heavy atom. The molecule has 1 N–H and O–H groups in total. The van der Waals surface area contributed by atoms with E-state index >= 15 is 0 Å². The van der Waals surface area contributed by atoms with Gasteiger partial charge in [0.25, 0.3) is 5.91 Å². The summed E-state index contributed by atoms with van der Waals surface area (Å²) < 4.78 is 16.4. The summed E-state index contributed by atoms with van der Waals surface area (Å²) in [6, 6.07) is 10.5. The van der Waals surface area contributed by atoms with E-state index in [0.717, 1.165) is 0 Å². The Hall–Kier alpha value is -2.80. The number of hydrogen-bond donors (Lipinski definition) is 1. The van der Waals surface area contributed by atoms with E-state index in [2.05, 4.69) is 0 Å². The first kappa shape index (κ1) is 18.0. The summed E-state index contributed by atoms with van der Waals surface area (Å²) in [7, 11) is 1.56. The Balaban J connectivity index is 1.73. The fourth-order valence-corrected chi connectivity index (χ4v) is 3.13. The van der Waals surface area contributed by atoms with Gasteiger partial charge in [-0.25, -0.2) is 0 Å². The zero-order valence-corrected chi connectivity index (χ0v) is 14.5. The molecule has 2 atom stereocenters. The molecule has 1 saturated heterocycles. The smallest absolute Gasteiger partial charge is 0.305 e. The molecule has 2 aromatic rings. The maximum atomic E-state index is 12.9. The van der Waals surface area contributed by atoms with Gasteiger partial charge in [0.15, 0.2) is 5.76 Å². The molecule has 2 unspecified atom stereocenters. The molecular weight excluding hydrogens is 338 g/mol. The second-order valence-electron chi connectivity index (χ2n) is 6.18.